The number of hydrogen-bond donors (Lipinski definition) is 1. The summed E-state index contributed by atoms with van der Waals surface area (Å²) in [6, 6.07) is 4.36. The Labute approximate surface area is 131 Å². The number of ether oxygens (including phenoxy) is 1. The first kappa shape index (κ1) is 17.2. The summed E-state index contributed by atoms with van der Waals surface area (Å²) in [7, 11) is -5.55. The van der Waals surface area contributed by atoms with E-state index in [2.05, 4.69) is 4.72 Å². The maximum absolute atomic E-state index is 12.5. The largest absolute Gasteiger partial charge is 0.495 e. The van der Waals surface area contributed by atoms with Crippen LogP contribution in [0.4, 0.5) is 0 Å². The number of hydrogen-bond acceptors (Lipinski definition) is 5. The van der Waals surface area contributed by atoms with Crippen molar-refractivity contribution in [3.8, 4) is 5.75 Å². The minimum Gasteiger partial charge on any atom is -0.495 e. The average Bonchev–Trinajstić information content (AvgIpc) is 2.76. The van der Waals surface area contributed by atoms with Crippen LogP contribution in [0.5, 0.6) is 5.75 Å². The van der Waals surface area contributed by atoms with Gasteiger partial charge in [0.1, 0.15) is 10.6 Å². The quantitative estimate of drug-likeness (QED) is 0.867. The topological polar surface area (TPSA) is 89.5 Å². The van der Waals surface area contributed by atoms with Gasteiger partial charge < -0.3 is 4.74 Å². The molecule has 22 heavy (non-hydrogen) atoms. The van der Waals surface area contributed by atoms with E-state index < -0.39 is 25.9 Å². The Bertz CT molecular complexity index is 753. The highest BCUT2D eigenvalue weighted by molar-refractivity contribution is 7.92. The molecule has 1 aliphatic rings. The summed E-state index contributed by atoms with van der Waals surface area (Å²) in [6.45, 7) is 4.01. The van der Waals surface area contributed by atoms with E-state index in [9.17, 15) is 16.8 Å². The third kappa shape index (κ3) is 3.80. The number of sulfone groups is 1. The molecular formula is C14H21NO5S2. The van der Waals surface area contributed by atoms with E-state index in [1.807, 2.05) is 13.8 Å². The summed E-state index contributed by atoms with van der Waals surface area (Å²) >= 11 is 0. The van der Waals surface area contributed by atoms with Crippen LogP contribution < -0.4 is 9.46 Å². The molecule has 1 heterocycles. The van der Waals surface area contributed by atoms with Gasteiger partial charge in [0.05, 0.1) is 18.6 Å². The van der Waals surface area contributed by atoms with E-state index in [0.29, 0.717) is 6.42 Å². The van der Waals surface area contributed by atoms with Crippen LogP contribution in [0, 0.1) is 0 Å². The number of sulfonamides is 1. The molecular weight excluding hydrogens is 326 g/mol. The van der Waals surface area contributed by atoms with Gasteiger partial charge in [0.15, 0.2) is 9.84 Å². The lowest BCUT2D eigenvalue weighted by molar-refractivity contribution is 0.401. The molecule has 0 radical (unpaired) electrons. The maximum Gasteiger partial charge on any atom is 0.244 e. The molecule has 1 saturated heterocycles. The van der Waals surface area contributed by atoms with Crippen molar-refractivity contribution >= 4 is 19.9 Å². The Balaban J connectivity index is 2.29. The van der Waals surface area contributed by atoms with Crippen LogP contribution in [0.15, 0.2) is 23.1 Å². The van der Waals surface area contributed by atoms with E-state index in [1.165, 1.54) is 13.2 Å². The van der Waals surface area contributed by atoms with Crippen molar-refractivity contribution in [3.63, 3.8) is 0 Å². The van der Waals surface area contributed by atoms with Crippen molar-refractivity contribution in [3.05, 3.63) is 23.8 Å². The number of rotatable bonds is 5. The fourth-order valence-electron chi connectivity index (χ4n) is 2.44. The zero-order valence-electron chi connectivity index (χ0n) is 12.9. The summed E-state index contributed by atoms with van der Waals surface area (Å²) in [5.41, 5.74) is 0.972. The Morgan fingerprint density at radius 3 is 2.50 bits per heavy atom. The maximum atomic E-state index is 12.5. The summed E-state index contributed by atoms with van der Waals surface area (Å²) in [5.74, 6) is 0.375. The van der Waals surface area contributed by atoms with Crippen molar-refractivity contribution in [2.24, 2.45) is 0 Å². The van der Waals surface area contributed by atoms with Crippen LogP contribution in [-0.2, 0) is 19.9 Å². The zero-order valence-corrected chi connectivity index (χ0v) is 14.5. The van der Waals surface area contributed by atoms with Crippen LogP contribution in [0.1, 0.15) is 31.7 Å². The minimum absolute atomic E-state index is 0.0175. The molecule has 124 valence electrons. The lowest BCUT2D eigenvalue weighted by atomic mass is 10.0. The zero-order chi connectivity index (χ0) is 16.5. The highest BCUT2D eigenvalue weighted by atomic mass is 32.2. The van der Waals surface area contributed by atoms with Gasteiger partial charge in [-0.05, 0) is 30.0 Å². The molecule has 0 saturated carbocycles. The summed E-state index contributed by atoms with van der Waals surface area (Å²) in [5, 5.41) is 0. The molecule has 8 heteroatoms. The van der Waals surface area contributed by atoms with E-state index in [1.54, 1.807) is 12.1 Å². The molecule has 1 atom stereocenters. The average molecular weight is 347 g/mol. The molecule has 0 bridgehead atoms. The SMILES string of the molecule is COc1cc(C(C)C)ccc1S(=O)(=O)NC1CCS(=O)(=O)C1. The van der Waals surface area contributed by atoms with Crippen molar-refractivity contribution < 1.29 is 21.6 Å². The van der Waals surface area contributed by atoms with E-state index in [-0.39, 0.29) is 28.1 Å². The highest BCUT2D eigenvalue weighted by Crippen LogP contribution is 2.28. The van der Waals surface area contributed by atoms with Gasteiger partial charge in [-0.15, -0.1) is 0 Å². The standard InChI is InChI=1S/C14H21NO5S2/c1-10(2)11-4-5-14(13(8-11)20-3)22(18,19)15-12-6-7-21(16,17)9-12/h4-5,8,10,12,15H,6-7,9H2,1-3H3. The second-order valence-electron chi connectivity index (χ2n) is 5.79. The number of methoxy groups -OCH3 is 1. The fraction of sp³-hybridized carbons (Fsp3) is 0.571. The van der Waals surface area contributed by atoms with Gasteiger partial charge in [-0.25, -0.2) is 21.6 Å². The molecule has 1 N–H and O–H groups in total. The Hall–Kier alpha value is -1.12. The van der Waals surface area contributed by atoms with Crippen LogP contribution >= 0.6 is 0 Å². The van der Waals surface area contributed by atoms with Gasteiger partial charge in [-0.3, -0.25) is 0 Å². The Kier molecular flexibility index (Phi) is 4.84. The van der Waals surface area contributed by atoms with Crippen molar-refractivity contribution in [2.45, 2.75) is 37.1 Å². The first-order valence-electron chi connectivity index (χ1n) is 7.05. The predicted molar refractivity (Wildman–Crippen MR) is 84.5 cm³/mol. The lowest BCUT2D eigenvalue weighted by Crippen LogP contribution is -2.35. The van der Waals surface area contributed by atoms with Crippen LogP contribution in [-0.4, -0.2) is 41.5 Å². The monoisotopic (exact) mass is 347 g/mol. The van der Waals surface area contributed by atoms with E-state index >= 15 is 0 Å². The van der Waals surface area contributed by atoms with Gasteiger partial charge in [-0.2, -0.15) is 0 Å². The predicted octanol–water partition coefficient (Wildman–Crippen LogP) is 1.28. The third-order valence-corrected chi connectivity index (χ3v) is 7.03. The van der Waals surface area contributed by atoms with Gasteiger partial charge >= 0.3 is 0 Å². The lowest BCUT2D eigenvalue weighted by Gasteiger charge is -2.16. The first-order valence-corrected chi connectivity index (χ1v) is 10.4. The van der Waals surface area contributed by atoms with Crippen molar-refractivity contribution in [1.29, 1.82) is 0 Å². The number of benzene rings is 1. The van der Waals surface area contributed by atoms with Gasteiger partial charge in [0.25, 0.3) is 0 Å². The minimum atomic E-state index is -3.82. The summed E-state index contributed by atoms with van der Waals surface area (Å²) in [6.07, 6.45) is 0.300. The summed E-state index contributed by atoms with van der Waals surface area (Å²) in [4.78, 5) is 0.0312. The summed E-state index contributed by atoms with van der Waals surface area (Å²) < 4.78 is 55.5. The molecule has 0 aromatic heterocycles. The molecule has 1 unspecified atom stereocenters. The van der Waals surface area contributed by atoms with E-state index in [4.69, 9.17) is 4.74 Å². The molecule has 1 aromatic rings. The fourth-order valence-corrected chi connectivity index (χ4v) is 5.64. The molecule has 1 aromatic carbocycles. The van der Waals surface area contributed by atoms with Crippen LogP contribution in [0.25, 0.3) is 0 Å². The van der Waals surface area contributed by atoms with Gasteiger partial charge in [0, 0.05) is 6.04 Å². The second-order valence-corrected chi connectivity index (χ2v) is 9.70. The molecule has 0 spiro atoms. The second kappa shape index (κ2) is 6.17. The Morgan fingerprint density at radius 1 is 1.32 bits per heavy atom. The molecule has 0 aliphatic carbocycles. The molecule has 2 rings (SSSR count). The Morgan fingerprint density at radius 2 is 2.00 bits per heavy atom. The van der Waals surface area contributed by atoms with Gasteiger partial charge in [0.2, 0.25) is 10.0 Å². The molecule has 1 aliphatic heterocycles. The highest BCUT2D eigenvalue weighted by Gasteiger charge is 2.32. The normalized spacial score (nSPS) is 21.2. The van der Waals surface area contributed by atoms with Crippen molar-refractivity contribution in [1.82, 2.24) is 4.72 Å². The van der Waals surface area contributed by atoms with E-state index in [0.717, 1.165) is 5.56 Å². The first-order chi connectivity index (χ1) is 10.1. The van der Waals surface area contributed by atoms with Crippen LogP contribution in [0.3, 0.4) is 0 Å². The molecule has 1 fully saturated rings. The van der Waals surface area contributed by atoms with Gasteiger partial charge in [-0.1, -0.05) is 19.9 Å². The van der Waals surface area contributed by atoms with Crippen LogP contribution in [0.2, 0.25) is 0 Å². The third-order valence-electron chi connectivity index (χ3n) is 3.70. The molecule has 0 amide bonds. The molecule has 6 nitrogen and oxygen atoms in total. The van der Waals surface area contributed by atoms with Crippen molar-refractivity contribution in [2.75, 3.05) is 18.6 Å². The smallest absolute Gasteiger partial charge is 0.244 e. The number of nitrogens with one attached hydrogen (secondary N) is 1.